The second kappa shape index (κ2) is 6.57. The summed E-state index contributed by atoms with van der Waals surface area (Å²) in [6, 6.07) is 7.81. The molecule has 1 atom stereocenters. The second-order valence-corrected chi connectivity index (χ2v) is 7.01. The zero-order valence-corrected chi connectivity index (χ0v) is 15.5. The third-order valence-electron chi connectivity index (χ3n) is 5.12. The van der Waals surface area contributed by atoms with Crippen molar-refractivity contribution in [1.29, 1.82) is 0 Å². The number of nitrogens with two attached hydrogens (primary N) is 2. The lowest BCUT2D eigenvalue weighted by atomic mass is 10.1. The second-order valence-electron chi connectivity index (χ2n) is 7.01. The van der Waals surface area contributed by atoms with Crippen molar-refractivity contribution in [3.05, 3.63) is 36.0 Å². The van der Waals surface area contributed by atoms with E-state index in [1.54, 1.807) is 10.9 Å². The van der Waals surface area contributed by atoms with Gasteiger partial charge in [0.2, 0.25) is 0 Å². The molecule has 0 aliphatic heterocycles. The van der Waals surface area contributed by atoms with E-state index in [0.29, 0.717) is 29.6 Å². The minimum Gasteiger partial charge on any atom is -0.494 e. The normalized spacial score (nSPS) is 15.0. The molecule has 3 aromatic rings. The van der Waals surface area contributed by atoms with Crippen molar-refractivity contribution in [2.24, 2.45) is 11.7 Å². The number of ether oxygens (including phenoxy) is 1. The van der Waals surface area contributed by atoms with E-state index in [-0.39, 0.29) is 11.6 Å². The summed E-state index contributed by atoms with van der Waals surface area (Å²) in [5, 5.41) is 5.57. The standard InChI is InChI=1S/C20H23N5O2/c1-3-27-15-7-6-13-8-14(10-23-16(13)9-15)18-17(20(22)26)19(21)25(24-18)11(2)12-4-5-12/h6-12H,3-5,21H2,1-2H3,(H2,22,26). The Bertz CT molecular complexity index is 1020. The molecule has 1 saturated carbocycles. The maximum Gasteiger partial charge on any atom is 0.254 e. The van der Waals surface area contributed by atoms with E-state index < -0.39 is 5.91 Å². The third-order valence-corrected chi connectivity index (χ3v) is 5.12. The summed E-state index contributed by atoms with van der Waals surface area (Å²) in [6.45, 7) is 4.61. The molecule has 0 spiro atoms. The van der Waals surface area contributed by atoms with Crippen molar-refractivity contribution >= 4 is 22.6 Å². The van der Waals surface area contributed by atoms with Crippen LogP contribution in [0.4, 0.5) is 5.82 Å². The van der Waals surface area contributed by atoms with E-state index in [4.69, 9.17) is 16.2 Å². The molecule has 7 heteroatoms. The van der Waals surface area contributed by atoms with Crippen LogP contribution in [0.3, 0.4) is 0 Å². The zero-order chi connectivity index (χ0) is 19.1. The number of nitrogens with zero attached hydrogens (tertiary/aromatic N) is 3. The SMILES string of the molecule is CCOc1ccc2cc(-c3nn(C(C)C4CC4)c(N)c3C(N)=O)cnc2c1. The lowest BCUT2D eigenvalue weighted by Gasteiger charge is -2.12. The molecule has 1 fully saturated rings. The lowest BCUT2D eigenvalue weighted by Crippen LogP contribution is -2.16. The van der Waals surface area contributed by atoms with Crippen LogP contribution in [-0.4, -0.2) is 27.3 Å². The van der Waals surface area contributed by atoms with Crippen LogP contribution in [0.25, 0.3) is 22.2 Å². The van der Waals surface area contributed by atoms with Crippen LogP contribution in [-0.2, 0) is 0 Å². The number of pyridine rings is 1. The van der Waals surface area contributed by atoms with Gasteiger partial charge in [-0.3, -0.25) is 9.78 Å². The zero-order valence-electron chi connectivity index (χ0n) is 15.5. The van der Waals surface area contributed by atoms with Crippen LogP contribution in [0, 0.1) is 5.92 Å². The fraction of sp³-hybridized carbons (Fsp3) is 0.350. The van der Waals surface area contributed by atoms with E-state index in [9.17, 15) is 4.79 Å². The van der Waals surface area contributed by atoms with Crippen molar-refractivity contribution in [1.82, 2.24) is 14.8 Å². The van der Waals surface area contributed by atoms with Crippen molar-refractivity contribution in [2.75, 3.05) is 12.3 Å². The Labute approximate surface area is 157 Å². The predicted molar refractivity (Wildman–Crippen MR) is 104 cm³/mol. The number of rotatable bonds is 6. The highest BCUT2D eigenvalue weighted by molar-refractivity contribution is 6.03. The molecule has 140 valence electrons. The van der Waals surface area contributed by atoms with Crippen molar-refractivity contribution in [3.63, 3.8) is 0 Å². The Kier molecular flexibility index (Phi) is 4.22. The molecule has 2 aromatic heterocycles. The molecular weight excluding hydrogens is 342 g/mol. The molecule has 4 N–H and O–H groups in total. The van der Waals surface area contributed by atoms with Gasteiger partial charge < -0.3 is 16.2 Å². The summed E-state index contributed by atoms with van der Waals surface area (Å²) >= 11 is 0. The van der Waals surface area contributed by atoms with Gasteiger partial charge in [0.1, 0.15) is 22.8 Å². The number of hydrogen-bond donors (Lipinski definition) is 2. The minimum atomic E-state index is -0.580. The largest absolute Gasteiger partial charge is 0.494 e. The highest BCUT2D eigenvalue weighted by atomic mass is 16.5. The maximum atomic E-state index is 12.1. The molecule has 7 nitrogen and oxygen atoms in total. The summed E-state index contributed by atoms with van der Waals surface area (Å²) < 4.78 is 7.25. The predicted octanol–water partition coefficient (Wildman–Crippen LogP) is 3.15. The Morgan fingerprint density at radius 3 is 2.81 bits per heavy atom. The van der Waals surface area contributed by atoms with Gasteiger partial charge in [0.25, 0.3) is 5.91 Å². The Morgan fingerprint density at radius 1 is 1.37 bits per heavy atom. The fourth-order valence-corrected chi connectivity index (χ4v) is 3.47. The van der Waals surface area contributed by atoms with Gasteiger partial charge >= 0.3 is 0 Å². The minimum absolute atomic E-state index is 0.138. The first-order valence-corrected chi connectivity index (χ1v) is 9.20. The number of fused-ring (bicyclic) bond motifs is 1. The van der Waals surface area contributed by atoms with E-state index in [1.165, 1.54) is 0 Å². The monoisotopic (exact) mass is 365 g/mol. The molecule has 0 saturated heterocycles. The van der Waals surface area contributed by atoms with Crippen molar-refractivity contribution in [2.45, 2.75) is 32.7 Å². The molecule has 0 bridgehead atoms. The molecule has 2 heterocycles. The first-order valence-electron chi connectivity index (χ1n) is 9.20. The van der Waals surface area contributed by atoms with Crippen LogP contribution in [0.15, 0.2) is 30.5 Å². The molecule has 1 aliphatic rings. The summed E-state index contributed by atoms with van der Waals surface area (Å²) in [4.78, 5) is 16.6. The number of amides is 1. The smallest absolute Gasteiger partial charge is 0.254 e. The number of primary amides is 1. The Hall–Kier alpha value is -3.09. The number of aromatic nitrogens is 3. The first kappa shape index (κ1) is 17.3. The van der Waals surface area contributed by atoms with Crippen LogP contribution in [0.5, 0.6) is 5.75 Å². The van der Waals surface area contributed by atoms with Gasteiger partial charge in [-0.05, 0) is 50.8 Å². The van der Waals surface area contributed by atoms with E-state index in [0.717, 1.165) is 29.5 Å². The third kappa shape index (κ3) is 3.09. The maximum absolute atomic E-state index is 12.1. The highest BCUT2D eigenvalue weighted by Crippen LogP contribution is 2.41. The lowest BCUT2D eigenvalue weighted by molar-refractivity contribution is 0.100. The number of nitrogen functional groups attached to an aromatic ring is 1. The van der Waals surface area contributed by atoms with Gasteiger partial charge in [0.15, 0.2) is 0 Å². The summed E-state index contributed by atoms with van der Waals surface area (Å²) in [6.07, 6.45) is 4.00. The van der Waals surface area contributed by atoms with Gasteiger partial charge in [0, 0.05) is 23.2 Å². The van der Waals surface area contributed by atoms with Gasteiger partial charge in [-0.2, -0.15) is 5.10 Å². The number of anilines is 1. The summed E-state index contributed by atoms with van der Waals surface area (Å²) in [5.41, 5.74) is 14.1. The number of carbonyl (C=O) groups excluding carboxylic acids is 1. The molecule has 0 radical (unpaired) electrons. The van der Waals surface area contributed by atoms with Crippen LogP contribution in [0.1, 0.15) is 43.1 Å². The average Bonchev–Trinajstić information content (AvgIpc) is 3.43. The van der Waals surface area contributed by atoms with E-state index in [2.05, 4.69) is 17.0 Å². The van der Waals surface area contributed by atoms with E-state index >= 15 is 0 Å². The molecule has 4 rings (SSSR count). The quantitative estimate of drug-likeness (QED) is 0.697. The topological polar surface area (TPSA) is 109 Å². The molecule has 1 aliphatic carbocycles. The van der Waals surface area contributed by atoms with Gasteiger partial charge in [-0.1, -0.05) is 0 Å². The van der Waals surface area contributed by atoms with Crippen molar-refractivity contribution in [3.8, 4) is 17.0 Å². The van der Waals surface area contributed by atoms with Gasteiger partial charge in [0.05, 0.1) is 18.2 Å². The molecule has 1 aromatic carbocycles. The Morgan fingerprint density at radius 2 is 2.15 bits per heavy atom. The first-order chi connectivity index (χ1) is 13.0. The van der Waals surface area contributed by atoms with Crippen molar-refractivity contribution < 1.29 is 9.53 Å². The highest BCUT2D eigenvalue weighted by Gasteiger charge is 2.33. The number of carbonyl (C=O) groups is 1. The number of hydrogen-bond acceptors (Lipinski definition) is 5. The van der Waals surface area contributed by atoms with Crippen LogP contribution in [0.2, 0.25) is 0 Å². The number of benzene rings is 1. The molecule has 1 amide bonds. The molecule has 27 heavy (non-hydrogen) atoms. The van der Waals surface area contributed by atoms with Crippen LogP contribution >= 0.6 is 0 Å². The van der Waals surface area contributed by atoms with E-state index in [1.807, 2.05) is 31.2 Å². The van der Waals surface area contributed by atoms with Gasteiger partial charge in [-0.25, -0.2) is 4.68 Å². The average molecular weight is 365 g/mol. The summed E-state index contributed by atoms with van der Waals surface area (Å²) in [5.74, 6) is 1.06. The van der Waals surface area contributed by atoms with Gasteiger partial charge in [-0.15, -0.1) is 0 Å². The van der Waals surface area contributed by atoms with Crippen LogP contribution < -0.4 is 16.2 Å². The fourth-order valence-electron chi connectivity index (χ4n) is 3.47. The molecule has 1 unspecified atom stereocenters. The Balaban J connectivity index is 1.80. The summed E-state index contributed by atoms with van der Waals surface area (Å²) in [7, 11) is 0. The molecular formula is C20H23N5O2.